The predicted octanol–water partition coefficient (Wildman–Crippen LogP) is 2.37. The van der Waals surface area contributed by atoms with E-state index in [-0.39, 0.29) is 16.1 Å². The van der Waals surface area contributed by atoms with E-state index in [4.69, 9.17) is 22.1 Å². The van der Waals surface area contributed by atoms with Crippen LogP contribution in [-0.4, -0.2) is 0 Å². The number of nitrogens with zero attached hydrogens (tertiary/aromatic N) is 2. The van der Waals surface area contributed by atoms with Crippen LogP contribution in [0.4, 0.5) is 0 Å². The van der Waals surface area contributed by atoms with Crippen LogP contribution in [0.25, 0.3) is 0 Å². The summed E-state index contributed by atoms with van der Waals surface area (Å²) in [6.07, 6.45) is 0. The Morgan fingerprint density at radius 2 is 1.92 bits per heavy atom. The zero-order chi connectivity index (χ0) is 9.14. The van der Waals surface area contributed by atoms with Crippen LogP contribution in [0.2, 0.25) is 5.02 Å². The Bertz CT molecular complexity index is 401. The average molecular weight is 195 g/mol. The molecule has 0 aromatic heterocycles. The van der Waals surface area contributed by atoms with E-state index in [1.807, 2.05) is 12.1 Å². The van der Waals surface area contributed by atoms with Crippen molar-refractivity contribution >= 4 is 24.2 Å². The minimum absolute atomic E-state index is 0.187. The van der Waals surface area contributed by atoms with Crippen molar-refractivity contribution in [2.24, 2.45) is 0 Å². The van der Waals surface area contributed by atoms with E-state index in [2.05, 4.69) is 12.6 Å². The zero-order valence-electron chi connectivity index (χ0n) is 5.87. The van der Waals surface area contributed by atoms with Crippen molar-refractivity contribution in [3.63, 3.8) is 0 Å². The van der Waals surface area contributed by atoms with Gasteiger partial charge in [-0.2, -0.15) is 10.5 Å². The molecule has 58 valence electrons. The largest absolute Gasteiger partial charge is 0.192 e. The van der Waals surface area contributed by atoms with Crippen LogP contribution in [0.15, 0.2) is 17.0 Å². The third kappa shape index (κ3) is 1.38. The quantitative estimate of drug-likeness (QED) is 0.645. The SMILES string of the molecule is N#Cc1ccc(S)c(Cl)c1C#N. The molecule has 0 saturated heterocycles. The Balaban J connectivity index is 3.52. The van der Waals surface area contributed by atoms with E-state index < -0.39 is 0 Å². The molecule has 4 heteroatoms. The summed E-state index contributed by atoms with van der Waals surface area (Å²) in [4.78, 5) is 0.507. The number of rotatable bonds is 0. The Labute approximate surface area is 80.4 Å². The number of benzene rings is 1. The molecule has 1 aromatic carbocycles. The molecule has 0 amide bonds. The van der Waals surface area contributed by atoms with Gasteiger partial charge in [0.2, 0.25) is 0 Å². The highest BCUT2D eigenvalue weighted by atomic mass is 35.5. The molecular formula is C8H3ClN2S. The normalized spacial score (nSPS) is 8.67. The highest BCUT2D eigenvalue weighted by Crippen LogP contribution is 2.26. The summed E-state index contributed by atoms with van der Waals surface area (Å²) in [5.74, 6) is 0. The van der Waals surface area contributed by atoms with Crippen LogP contribution in [-0.2, 0) is 0 Å². The molecule has 12 heavy (non-hydrogen) atoms. The molecule has 0 aliphatic rings. The van der Waals surface area contributed by atoms with Crippen molar-refractivity contribution in [1.82, 2.24) is 0 Å². The molecule has 0 atom stereocenters. The molecule has 0 radical (unpaired) electrons. The van der Waals surface area contributed by atoms with Crippen molar-refractivity contribution in [3.05, 3.63) is 28.3 Å². The monoisotopic (exact) mass is 194 g/mol. The van der Waals surface area contributed by atoms with Gasteiger partial charge in [0, 0.05) is 4.90 Å². The Morgan fingerprint density at radius 1 is 1.25 bits per heavy atom. The molecule has 2 nitrogen and oxygen atoms in total. The van der Waals surface area contributed by atoms with Gasteiger partial charge in [-0.15, -0.1) is 12.6 Å². The van der Waals surface area contributed by atoms with E-state index in [9.17, 15) is 0 Å². The number of hydrogen-bond donors (Lipinski definition) is 1. The van der Waals surface area contributed by atoms with Crippen molar-refractivity contribution in [3.8, 4) is 12.1 Å². The number of hydrogen-bond acceptors (Lipinski definition) is 3. The molecule has 0 aliphatic carbocycles. The second-order valence-corrected chi connectivity index (χ2v) is 2.90. The molecule has 0 fully saturated rings. The smallest absolute Gasteiger partial charge is 0.102 e. The molecule has 1 aromatic rings. The summed E-state index contributed by atoms with van der Waals surface area (Å²) in [7, 11) is 0. The number of halogens is 1. The minimum Gasteiger partial charge on any atom is -0.192 e. The van der Waals surface area contributed by atoms with Gasteiger partial charge in [-0.05, 0) is 12.1 Å². The molecule has 0 heterocycles. The van der Waals surface area contributed by atoms with Crippen LogP contribution in [0.5, 0.6) is 0 Å². The lowest BCUT2D eigenvalue weighted by Gasteiger charge is -1.99. The van der Waals surface area contributed by atoms with E-state index >= 15 is 0 Å². The Hall–Kier alpha value is -1.16. The van der Waals surface area contributed by atoms with Crippen LogP contribution < -0.4 is 0 Å². The standard InChI is InChI=1S/C8H3ClN2S/c9-8-6(4-11)5(3-10)1-2-7(8)12/h1-2,12H. The first-order valence-corrected chi connectivity index (χ1v) is 3.85. The second-order valence-electron chi connectivity index (χ2n) is 2.04. The van der Waals surface area contributed by atoms with Gasteiger partial charge in [0.15, 0.2) is 0 Å². The van der Waals surface area contributed by atoms with E-state index in [0.29, 0.717) is 4.90 Å². The van der Waals surface area contributed by atoms with Crippen molar-refractivity contribution in [1.29, 1.82) is 10.5 Å². The van der Waals surface area contributed by atoms with E-state index in [1.165, 1.54) is 6.07 Å². The molecule has 0 aliphatic heterocycles. The molecule has 0 N–H and O–H groups in total. The van der Waals surface area contributed by atoms with Gasteiger partial charge in [-0.3, -0.25) is 0 Å². The topological polar surface area (TPSA) is 47.6 Å². The van der Waals surface area contributed by atoms with Crippen molar-refractivity contribution in [2.75, 3.05) is 0 Å². The first kappa shape index (κ1) is 8.93. The first-order chi connectivity index (χ1) is 5.70. The van der Waals surface area contributed by atoms with Crippen LogP contribution in [0.3, 0.4) is 0 Å². The van der Waals surface area contributed by atoms with Crippen molar-refractivity contribution < 1.29 is 0 Å². The van der Waals surface area contributed by atoms with E-state index in [1.54, 1.807) is 6.07 Å². The average Bonchev–Trinajstić information content (AvgIpc) is 2.09. The predicted molar refractivity (Wildman–Crippen MR) is 48.1 cm³/mol. The van der Waals surface area contributed by atoms with Gasteiger partial charge in [-0.25, -0.2) is 0 Å². The van der Waals surface area contributed by atoms with Gasteiger partial charge in [0.25, 0.3) is 0 Å². The maximum Gasteiger partial charge on any atom is 0.102 e. The Morgan fingerprint density at radius 3 is 2.42 bits per heavy atom. The number of nitriles is 2. The second kappa shape index (κ2) is 3.49. The summed E-state index contributed by atoms with van der Waals surface area (Å²) >= 11 is 9.74. The fourth-order valence-electron chi connectivity index (χ4n) is 0.768. The lowest BCUT2D eigenvalue weighted by molar-refractivity contribution is 1.37. The minimum atomic E-state index is 0.187. The summed E-state index contributed by atoms with van der Waals surface area (Å²) in [6.45, 7) is 0. The van der Waals surface area contributed by atoms with Crippen molar-refractivity contribution in [2.45, 2.75) is 4.90 Å². The summed E-state index contributed by atoms with van der Waals surface area (Å²) in [5.41, 5.74) is 0.465. The lowest BCUT2D eigenvalue weighted by atomic mass is 10.1. The molecule has 0 spiro atoms. The maximum atomic E-state index is 8.64. The molecule has 1 rings (SSSR count). The Kier molecular flexibility index (Phi) is 2.60. The molecule has 0 unspecified atom stereocenters. The third-order valence-corrected chi connectivity index (χ3v) is 2.25. The number of thiol groups is 1. The summed E-state index contributed by atoms with van der Waals surface area (Å²) in [6, 6.07) is 6.83. The van der Waals surface area contributed by atoms with Crippen LogP contribution in [0, 0.1) is 22.7 Å². The summed E-state index contributed by atoms with van der Waals surface area (Å²) < 4.78 is 0. The summed E-state index contributed by atoms with van der Waals surface area (Å²) in [5, 5.41) is 17.5. The fraction of sp³-hybridized carbons (Fsp3) is 0. The first-order valence-electron chi connectivity index (χ1n) is 3.02. The van der Waals surface area contributed by atoms with Gasteiger partial charge in [0.05, 0.1) is 16.1 Å². The fourth-order valence-corrected chi connectivity index (χ4v) is 1.16. The van der Waals surface area contributed by atoms with Gasteiger partial charge < -0.3 is 0 Å². The molecular weight excluding hydrogens is 192 g/mol. The highest BCUT2D eigenvalue weighted by Gasteiger charge is 2.08. The maximum absolute atomic E-state index is 8.64. The molecule has 0 bridgehead atoms. The third-order valence-electron chi connectivity index (χ3n) is 1.35. The van der Waals surface area contributed by atoms with Crippen LogP contribution >= 0.6 is 24.2 Å². The van der Waals surface area contributed by atoms with Gasteiger partial charge in [0.1, 0.15) is 12.1 Å². The highest BCUT2D eigenvalue weighted by molar-refractivity contribution is 7.80. The van der Waals surface area contributed by atoms with Gasteiger partial charge in [-0.1, -0.05) is 11.6 Å². The molecule has 0 saturated carbocycles. The van der Waals surface area contributed by atoms with Crippen LogP contribution in [0.1, 0.15) is 11.1 Å². The van der Waals surface area contributed by atoms with Gasteiger partial charge >= 0.3 is 0 Å². The lowest BCUT2D eigenvalue weighted by Crippen LogP contribution is -1.85. The zero-order valence-corrected chi connectivity index (χ0v) is 7.52. The van der Waals surface area contributed by atoms with E-state index in [0.717, 1.165) is 0 Å².